The first-order valence-electron chi connectivity index (χ1n) is 5.95. The normalized spacial score (nSPS) is 10.7. The van der Waals surface area contributed by atoms with Crippen molar-refractivity contribution in [1.82, 2.24) is 4.98 Å². The molecule has 0 aliphatic heterocycles. The molecule has 1 aromatic carbocycles. The quantitative estimate of drug-likeness (QED) is 0.629. The summed E-state index contributed by atoms with van der Waals surface area (Å²) in [7, 11) is 1.60. The smallest absolute Gasteiger partial charge is 0.152 e. The predicted molar refractivity (Wildman–Crippen MR) is 75.9 cm³/mol. The molecule has 4 heteroatoms. The number of nitriles is 1. The van der Waals surface area contributed by atoms with Crippen molar-refractivity contribution in [2.24, 2.45) is 0 Å². The van der Waals surface area contributed by atoms with E-state index in [9.17, 15) is 4.79 Å². The highest BCUT2D eigenvalue weighted by atomic mass is 16.5. The highest BCUT2D eigenvalue weighted by Crippen LogP contribution is 2.17. The summed E-state index contributed by atoms with van der Waals surface area (Å²) in [6.45, 7) is 0. The number of pyridine rings is 1. The van der Waals surface area contributed by atoms with Crippen molar-refractivity contribution in [2.75, 3.05) is 7.11 Å². The van der Waals surface area contributed by atoms with E-state index in [1.807, 2.05) is 30.3 Å². The molecule has 0 unspecified atom stereocenters. The van der Waals surface area contributed by atoms with Gasteiger partial charge in [0, 0.05) is 5.57 Å². The molecule has 0 radical (unpaired) electrons. The molecule has 98 valence electrons. The van der Waals surface area contributed by atoms with Crippen LogP contribution in [0.2, 0.25) is 0 Å². The standard InChI is InChI=1S/C16H12N2O2/c1-20-15-7-5-12(6-8-15)9-13(11-19)16-4-2-3-14(10-17)18-16/h2-9,11H,1H3. The van der Waals surface area contributed by atoms with E-state index in [1.165, 1.54) is 0 Å². The van der Waals surface area contributed by atoms with E-state index in [1.54, 1.807) is 31.4 Å². The number of rotatable bonds is 4. The Kier molecular flexibility index (Phi) is 4.25. The SMILES string of the molecule is COc1ccc(C=C(C=O)c2cccc(C#N)n2)cc1. The van der Waals surface area contributed by atoms with Gasteiger partial charge in [-0.25, -0.2) is 4.98 Å². The third kappa shape index (κ3) is 3.09. The number of methoxy groups -OCH3 is 1. The maximum atomic E-state index is 11.2. The molecule has 2 aromatic rings. The summed E-state index contributed by atoms with van der Waals surface area (Å²) in [4.78, 5) is 15.3. The van der Waals surface area contributed by atoms with Crippen LogP contribution in [-0.2, 0) is 4.79 Å². The lowest BCUT2D eigenvalue weighted by atomic mass is 10.1. The number of carbonyl (C=O) groups excluding carboxylic acids is 1. The van der Waals surface area contributed by atoms with Gasteiger partial charge in [0.2, 0.25) is 0 Å². The zero-order chi connectivity index (χ0) is 14.4. The maximum absolute atomic E-state index is 11.2. The van der Waals surface area contributed by atoms with Crippen LogP contribution < -0.4 is 4.74 Å². The fourth-order valence-electron chi connectivity index (χ4n) is 1.71. The average molecular weight is 264 g/mol. The van der Waals surface area contributed by atoms with Gasteiger partial charge in [0.15, 0.2) is 6.29 Å². The Labute approximate surface area is 117 Å². The Hall–Kier alpha value is -2.93. The molecule has 0 spiro atoms. The van der Waals surface area contributed by atoms with Crippen LogP contribution in [-0.4, -0.2) is 18.4 Å². The molecule has 0 saturated heterocycles. The average Bonchev–Trinajstić information content (AvgIpc) is 2.53. The van der Waals surface area contributed by atoms with E-state index >= 15 is 0 Å². The summed E-state index contributed by atoms with van der Waals surface area (Å²) >= 11 is 0. The Bertz CT molecular complexity index is 682. The molecule has 0 atom stereocenters. The minimum absolute atomic E-state index is 0.282. The van der Waals surface area contributed by atoms with E-state index in [0.717, 1.165) is 17.6 Å². The lowest BCUT2D eigenvalue weighted by molar-refractivity contribution is -0.103. The van der Waals surface area contributed by atoms with E-state index < -0.39 is 0 Å². The minimum atomic E-state index is 0.282. The molecule has 0 aliphatic carbocycles. The molecule has 0 N–H and O–H groups in total. The van der Waals surface area contributed by atoms with Crippen LogP contribution >= 0.6 is 0 Å². The van der Waals surface area contributed by atoms with Gasteiger partial charge in [0.1, 0.15) is 17.5 Å². The third-order valence-corrected chi connectivity index (χ3v) is 2.72. The van der Waals surface area contributed by atoms with Crippen molar-refractivity contribution in [1.29, 1.82) is 5.26 Å². The van der Waals surface area contributed by atoms with E-state index in [-0.39, 0.29) is 5.69 Å². The first-order valence-corrected chi connectivity index (χ1v) is 5.95. The van der Waals surface area contributed by atoms with Crippen LogP contribution in [0.5, 0.6) is 5.75 Å². The van der Waals surface area contributed by atoms with Crippen LogP contribution in [0, 0.1) is 11.3 Å². The summed E-state index contributed by atoms with van der Waals surface area (Å²) < 4.78 is 5.08. The van der Waals surface area contributed by atoms with Crippen LogP contribution in [0.3, 0.4) is 0 Å². The second-order valence-electron chi connectivity index (χ2n) is 4.01. The molecule has 20 heavy (non-hydrogen) atoms. The fraction of sp³-hybridized carbons (Fsp3) is 0.0625. The summed E-state index contributed by atoms with van der Waals surface area (Å²) in [5, 5.41) is 8.83. The van der Waals surface area contributed by atoms with E-state index in [4.69, 9.17) is 10.00 Å². The van der Waals surface area contributed by atoms with Crippen molar-refractivity contribution in [2.45, 2.75) is 0 Å². The van der Waals surface area contributed by atoms with Crippen LogP contribution in [0.25, 0.3) is 11.6 Å². The van der Waals surface area contributed by atoms with Gasteiger partial charge in [-0.3, -0.25) is 4.79 Å². The highest BCUT2D eigenvalue weighted by Gasteiger charge is 2.04. The van der Waals surface area contributed by atoms with Crippen LogP contribution in [0.4, 0.5) is 0 Å². The summed E-state index contributed by atoms with van der Waals surface area (Å²) in [6.07, 6.45) is 2.45. The molecule has 0 fully saturated rings. The number of allylic oxidation sites excluding steroid dienone is 1. The lowest BCUT2D eigenvalue weighted by Crippen LogP contribution is -1.93. The van der Waals surface area contributed by atoms with Crippen molar-refractivity contribution in [3.63, 3.8) is 0 Å². The molecule has 0 amide bonds. The fourth-order valence-corrected chi connectivity index (χ4v) is 1.71. The molecule has 2 rings (SSSR count). The topological polar surface area (TPSA) is 63.0 Å². The zero-order valence-corrected chi connectivity index (χ0v) is 10.9. The molecular formula is C16H12N2O2. The molecule has 1 heterocycles. The van der Waals surface area contributed by atoms with Gasteiger partial charge in [-0.2, -0.15) is 5.26 Å². The number of benzene rings is 1. The Balaban J connectivity index is 2.37. The van der Waals surface area contributed by atoms with E-state index in [2.05, 4.69) is 4.98 Å². The third-order valence-electron chi connectivity index (χ3n) is 2.72. The second-order valence-corrected chi connectivity index (χ2v) is 4.01. The molecule has 1 aromatic heterocycles. The van der Waals surface area contributed by atoms with Crippen molar-refractivity contribution in [3.8, 4) is 11.8 Å². The van der Waals surface area contributed by atoms with Gasteiger partial charge in [-0.1, -0.05) is 18.2 Å². The Morgan fingerprint density at radius 1 is 1.25 bits per heavy atom. The van der Waals surface area contributed by atoms with E-state index in [0.29, 0.717) is 11.3 Å². The van der Waals surface area contributed by atoms with Crippen LogP contribution in [0.15, 0.2) is 42.5 Å². The number of carbonyl (C=O) groups is 1. The zero-order valence-electron chi connectivity index (χ0n) is 10.9. The largest absolute Gasteiger partial charge is 0.497 e. The predicted octanol–water partition coefficient (Wildman–Crippen LogP) is 2.70. The summed E-state index contributed by atoms with van der Waals surface area (Å²) in [5.41, 5.74) is 2.05. The number of nitrogens with zero attached hydrogens (tertiary/aromatic N) is 2. The summed E-state index contributed by atoms with van der Waals surface area (Å²) in [5.74, 6) is 0.749. The van der Waals surface area contributed by atoms with Gasteiger partial charge >= 0.3 is 0 Å². The Morgan fingerprint density at radius 2 is 2.00 bits per heavy atom. The number of aromatic nitrogens is 1. The lowest BCUT2D eigenvalue weighted by Gasteiger charge is -2.02. The van der Waals surface area contributed by atoms with Gasteiger partial charge < -0.3 is 4.74 Å². The summed E-state index contributed by atoms with van der Waals surface area (Å²) in [6, 6.07) is 14.3. The molecule has 0 bridgehead atoms. The number of aldehydes is 1. The number of hydrogen-bond acceptors (Lipinski definition) is 4. The maximum Gasteiger partial charge on any atom is 0.152 e. The molecule has 0 saturated carbocycles. The van der Waals surface area contributed by atoms with Crippen molar-refractivity contribution in [3.05, 3.63) is 59.4 Å². The molecule has 0 aliphatic rings. The minimum Gasteiger partial charge on any atom is -0.497 e. The van der Waals surface area contributed by atoms with Gasteiger partial charge in [0.05, 0.1) is 12.8 Å². The monoisotopic (exact) mass is 264 g/mol. The Morgan fingerprint density at radius 3 is 2.60 bits per heavy atom. The van der Waals surface area contributed by atoms with Crippen LogP contribution in [0.1, 0.15) is 17.0 Å². The van der Waals surface area contributed by atoms with Crippen molar-refractivity contribution < 1.29 is 9.53 Å². The highest BCUT2D eigenvalue weighted by molar-refractivity contribution is 6.12. The molecular weight excluding hydrogens is 252 g/mol. The number of hydrogen-bond donors (Lipinski definition) is 0. The van der Waals surface area contributed by atoms with Gasteiger partial charge in [0.25, 0.3) is 0 Å². The van der Waals surface area contributed by atoms with Gasteiger partial charge in [-0.05, 0) is 35.9 Å². The first-order chi connectivity index (χ1) is 9.76. The molecule has 4 nitrogen and oxygen atoms in total. The van der Waals surface area contributed by atoms with Gasteiger partial charge in [-0.15, -0.1) is 0 Å². The first kappa shape index (κ1) is 13.5. The van der Waals surface area contributed by atoms with Crippen molar-refractivity contribution >= 4 is 17.9 Å². The second kappa shape index (κ2) is 6.30. The number of ether oxygens (including phenoxy) is 1.